The van der Waals surface area contributed by atoms with E-state index in [1.54, 1.807) is 18.7 Å². The molecule has 0 radical (unpaired) electrons. The summed E-state index contributed by atoms with van der Waals surface area (Å²) in [5.41, 5.74) is -2.04. The van der Waals surface area contributed by atoms with Crippen molar-refractivity contribution >= 4 is 53.3 Å². The van der Waals surface area contributed by atoms with E-state index in [1.807, 2.05) is 4.90 Å². The molecule has 1 N–H and O–H groups in total. The van der Waals surface area contributed by atoms with Crippen molar-refractivity contribution in [1.82, 2.24) is 19.9 Å². The summed E-state index contributed by atoms with van der Waals surface area (Å²) in [6.45, 7) is 7.07. The Labute approximate surface area is 380 Å². The highest BCUT2D eigenvalue weighted by molar-refractivity contribution is 6.30. The molecule has 2 saturated heterocycles. The van der Waals surface area contributed by atoms with Crippen molar-refractivity contribution in [1.29, 1.82) is 0 Å². The number of morpholine rings is 2. The van der Waals surface area contributed by atoms with Gasteiger partial charge in [0.2, 0.25) is 0 Å². The number of hydrogen-bond acceptors (Lipinski definition) is 15. The van der Waals surface area contributed by atoms with Crippen LogP contribution in [0.15, 0.2) is 54.6 Å². The van der Waals surface area contributed by atoms with Crippen LogP contribution in [-0.2, 0) is 69.6 Å². The maximum absolute atomic E-state index is 12.6. The van der Waals surface area contributed by atoms with Crippen LogP contribution in [0.5, 0.6) is 0 Å². The maximum atomic E-state index is 12.6. The number of carbonyl (C=O) groups excluding carboxylic acids is 6. The number of anilines is 2. The molecule has 29 heteroatoms. The fourth-order valence-corrected chi connectivity index (χ4v) is 5.12. The molecule has 0 amide bonds. The molecule has 0 atom stereocenters. The highest BCUT2D eigenvalue weighted by Gasteiger charge is 2.35. The molecule has 368 valence electrons. The van der Waals surface area contributed by atoms with Gasteiger partial charge >= 0.3 is 43.2 Å². The Kier molecular flexibility index (Phi) is 26.9. The molecule has 0 bridgehead atoms. The zero-order valence-electron chi connectivity index (χ0n) is 34.2. The summed E-state index contributed by atoms with van der Waals surface area (Å²) in [6, 6.07) is 10.2. The highest BCUT2D eigenvalue weighted by atomic mass is 35.5. The Bertz CT molecular complexity index is 2200. The summed E-state index contributed by atoms with van der Waals surface area (Å²) in [6.07, 6.45) is -17.0. The number of hydrogen-bond donors (Lipinski definition) is 1. The SMILES string of the molecule is Cc1ccc(C(F)(F)F)nc1Cl.Cc1ccc(C(F)(F)F)nc1N1CCOCC1.FC(F)(F)c1cccc(Cl)n1.O=C=O.O=C=O.O=C=O.OCc1ccc(C(F)(F)F)nc1N1CCOCC1. The van der Waals surface area contributed by atoms with Gasteiger partial charge in [-0.1, -0.05) is 47.5 Å². The molecule has 2 aliphatic heterocycles. The number of ether oxygens (including phenoxy) is 2. The Morgan fingerprint density at radius 2 is 0.866 bits per heavy atom. The number of nitrogens with zero attached hydrogens (tertiary/aromatic N) is 6. The number of halogens is 14. The number of aliphatic hydroxyl groups is 1. The molecule has 2 aliphatic rings. The second-order valence-electron chi connectivity index (χ2n) is 12.3. The minimum Gasteiger partial charge on any atom is -0.392 e. The van der Waals surface area contributed by atoms with Crippen molar-refractivity contribution in [3.05, 3.63) is 104 Å². The second-order valence-corrected chi connectivity index (χ2v) is 13.0. The zero-order chi connectivity index (χ0) is 51.6. The summed E-state index contributed by atoms with van der Waals surface area (Å²) in [5.74, 6) is 0.596. The third kappa shape index (κ3) is 23.3. The van der Waals surface area contributed by atoms with E-state index in [-0.39, 0.29) is 41.2 Å². The Morgan fingerprint density at radius 3 is 1.22 bits per heavy atom. The van der Waals surface area contributed by atoms with Crippen LogP contribution in [0.2, 0.25) is 10.3 Å². The van der Waals surface area contributed by atoms with Crippen molar-refractivity contribution < 1.29 is 96.0 Å². The van der Waals surface area contributed by atoms with Crippen LogP contribution in [0.3, 0.4) is 0 Å². The molecule has 2 fully saturated rings. The van der Waals surface area contributed by atoms with E-state index in [2.05, 4.69) is 19.9 Å². The van der Waals surface area contributed by atoms with Crippen LogP contribution >= 0.6 is 23.2 Å². The molecule has 4 aromatic rings. The molecular weight excluding hydrogens is 983 g/mol. The average molecular weight is 1020 g/mol. The summed E-state index contributed by atoms with van der Waals surface area (Å²) in [4.78, 5) is 65.9. The predicted octanol–water partition coefficient (Wildman–Crippen LogP) is 7.74. The minimum atomic E-state index is -4.48. The average Bonchev–Trinajstić information content (AvgIpc) is 3.25. The lowest BCUT2D eigenvalue weighted by Crippen LogP contribution is -2.37. The first-order chi connectivity index (χ1) is 31.2. The summed E-state index contributed by atoms with van der Waals surface area (Å²) in [5, 5.41) is 8.90. The second kappa shape index (κ2) is 29.6. The molecule has 67 heavy (non-hydrogen) atoms. The molecule has 4 aromatic heterocycles. The fourth-order valence-electron chi connectivity index (χ4n) is 4.81. The molecule has 0 unspecified atom stereocenters. The maximum Gasteiger partial charge on any atom is 0.433 e. The molecular formula is C38H34Cl2F12N6O9. The lowest BCUT2D eigenvalue weighted by Gasteiger charge is -2.29. The van der Waals surface area contributed by atoms with Gasteiger partial charge in [-0.05, 0) is 55.3 Å². The Morgan fingerprint density at radius 1 is 0.522 bits per heavy atom. The van der Waals surface area contributed by atoms with Crippen molar-refractivity contribution in [3.8, 4) is 0 Å². The smallest absolute Gasteiger partial charge is 0.392 e. The standard InChI is InChI=1S/C11H13F3N2O2.C11H13F3N2O.C7H5ClF3N.C6H3ClF3N.3CO2/c12-11(13,14)9-2-1-8(7-17)10(15-9)16-3-5-18-6-4-16;1-8-2-3-9(11(12,13)14)15-10(8)16-4-6-17-7-5-16;1-4-2-3-5(7(9,10)11)12-6(4)8;7-5-3-1-2-4(11-5)6(8,9)10;3*2-1-3/h1-2,17H,3-7H2;2-3H,4-7H2,1H3;2-3H,1H3;1-3H;;;. The van der Waals surface area contributed by atoms with Crippen LogP contribution in [-0.4, -0.2) is 96.1 Å². The number of pyridine rings is 4. The van der Waals surface area contributed by atoms with E-state index >= 15 is 0 Å². The van der Waals surface area contributed by atoms with E-state index in [0.717, 1.165) is 29.8 Å². The van der Waals surface area contributed by atoms with E-state index in [1.165, 1.54) is 30.3 Å². The molecule has 15 nitrogen and oxygen atoms in total. The summed E-state index contributed by atoms with van der Waals surface area (Å²) in [7, 11) is 0. The first-order valence-corrected chi connectivity index (χ1v) is 18.7. The number of alkyl halides is 12. The van der Waals surface area contributed by atoms with Crippen LogP contribution in [0.4, 0.5) is 64.3 Å². The summed E-state index contributed by atoms with van der Waals surface area (Å²) >= 11 is 10.6. The fraction of sp³-hybridized carbons (Fsp3) is 0.395. The van der Waals surface area contributed by atoms with Gasteiger partial charge in [-0.25, -0.2) is 19.9 Å². The van der Waals surface area contributed by atoms with Gasteiger partial charge < -0.3 is 24.4 Å². The molecule has 0 aromatic carbocycles. The minimum absolute atomic E-state index is 0.107. The van der Waals surface area contributed by atoms with Crippen LogP contribution in [0.1, 0.15) is 39.5 Å². The summed E-state index contributed by atoms with van der Waals surface area (Å²) < 4.78 is 157. The van der Waals surface area contributed by atoms with Crippen molar-refractivity contribution in [2.45, 2.75) is 45.2 Å². The monoisotopic (exact) mass is 1020 g/mol. The Hall–Kier alpha value is -6.04. The Balaban J connectivity index is 0.000000829. The van der Waals surface area contributed by atoms with Gasteiger partial charge in [-0.15, -0.1) is 0 Å². The first kappa shape index (κ1) is 61.0. The molecule has 0 spiro atoms. The molecule has 0 saturated carbocycles. The third-order valence-corrected chi connectivity index (χ3v) is 8.32. The van der Waals surface area contributed by atoms with Gasteiger partial charge in [-0.3, -0.25) is 0 Å². The molecule has 6 heterocycles. The highest BCUT2D eigenvalue weighted by Crippen LogP contribution is 2.33. The van der Waals surface area contributed by atoms with E-state index in [0.29, 0.717) is 69.6 Å². The quantitative estimate of drug-likeness (QED) is 0.154. The van der Waals surface area contributed by atoms with Crippen molar-refractivity contribution in [3.63, 3.8) is 0 Å². The lowest BCUT2D eigenvalue weighted by molar-refractivity contribution is -0.193. The molecule has 0 aliphatic carbocycles. The first-order valence-electron chi connectivity index (χ1n) is 17.9. The lowest BCUT2D eigenvalue weighted by atomic mass is 10.2. The number of rotatable bonds is 3. The molecule has 6 rings (SSSR count). The van der Waals surface area contributed by atoms with Gasteiger partial charge in [0.25, 0.3) is 0 Å². The number of aromatic nitrogens is 4. The zero-order valence-corrected chi connectivity index (χ0v) is 35.8. The van der Waals surface area contributed by atoms with Crippen LogP contribution in [0.25, 0.3) is 0 Å². The van der Waals surface area contributed by atoms with Gasteiger partial charge in [0.15, 0.2) is 0 Å². The predicted molar refractivity (Wildman–Crippen MR) is 203 cm³/mol. The normalized spacial score (nSPS) is 13.3. The van der Waals surface area contributed by atoms with Gasteiger partial charge in [0.05, 0.1) is 33.0 Å². The van der Waals surface area contributed by atoms with E-state index in [9.17, 15) is 52.7 Å². The van der Waals surface area contributed by atoms with Gasteiger partial charge in [-0.2, -0.15) is 81.5 Å². The van der Waals surface area contributed by atoms with Crippen molar-refractivity contribution in [2.75, 3.05) is 62.4 Å². The largest absolute Gasteiger partial charge is 0.433 e. The van der Waals surface area contributed by atoms with Crippen LogP contribution < -0.4 is 9.80 Å². The van der Waals surface area contributed by atoms with Gasteiger partial charge in [0.1, 0.15) is 44.7 Å². The van der Waals surface area contributed by atoms with Crippen molar-refractivity contribution in [2.24, 2.45) is 0 Å². The van der Waals surface area contributed by atoms with E-state index < -0.39 is 47.5 Å². The number of aryl methyl sites for hydroxylation is 2. The van der Waals surface area contributed by atoms with Crippen LogP contribution in [0, 0.1) is 13.8 Å². The number of aliphatic hydroxyl groups excluding tert-OH is 1. The topological polar surface area (TPSA) is 199 Å². The third-order valence-electron chi connectivity index (χ3n) is 7.73. The van der Waals surface area contributed by atoms with E-state index in [4.69, 9.17) is 66.5 Å². The van der Waals surface area contributed by atoms with Gasteiger partial charge in [0, 0.05) is 31.7 Å².